The van der Waals surface area contributed by atoms with Gasteiger partial charge in [0.25, 0.3) is 0 Å². The van der Waals surface area contributed by atoms with Gasteiger partial charge in [-0.3, -0.25) is 0 Å². The van der Waals surface area contributed by atoms with E-state index in [2.05, 4.69) is 39.0 Å². The van der Waals surface area contributed by atoms with Gasteiger partial charge in [-0.2, -0.15) is 0 Å². The summed E-state index contributed by atoms with van der Waals surface area (Å²) in [4.78, 5) is 0. The molecule has 1 heteroatoms. The fourth-order valence-electron chi connectivity index (χ4n) is 2.52. The molecule has 0 aliphatic heterocycles. The highest BCUT2D eigenvalue weighted by molar-refractivity contribution is 5.35. The van der Waals surface area contributed by atoms with Gasteiger partial charge >= 0.3 is 0 Å². The van der Waals surface area contributed by atoms with Crippen LogP contribution in [0.4, 0.5) is 0 Å². The minimum atomic E-state index is 0.220. The van der Waals surface area contributed by atoms with Crippen molar-refractivity contribution >= 4 is 0 Å². The van der Waals surface area contributed by atoms with Gasteiger partial charge in [-0.1, -0.05) is 57.2 Å². The number of aryl methyl sites for hydroxylation is 2. The quantitative estimate of drug-likeness (QED) is 0.681. The van der Waals surface area contributed by atoms with E-state index in [0.29, 0.717) is 0 Å². The highest BCUT2D eigenvalue weighted by Gasteiger charge is 2.10. The second kappa shape index (κ2) is 7.50. The van der Waals surface area contributed by atoms with Crippen LogP contribution in [0.2, 0.25) is 0 Å². The maximum atomic E-state index is 6.31. The van der Waals surface area contributed by atoms with Crippen molar-refractivity contribution in [2.75, 3.05) is 0 Å². The normalized spacial score (nSPS) is 12.7. The van der Waals surface area contributed by atoms with E-state index in [-0.39, 0.29) is 6.04 Å². The molecular formula is C16H27N. The van der Waals surface area contributed by atoms with Crippen LogP contribution in [0, 0.1) is 13.8 Å². The molecule has 0 spiro atoms. The number of nitrogens with two attached hydrogens (primary N) is 1. The van der Waals surface area contributed by atoms with Crippen molar-refractivity contribution in [3.63, 3.8) is 0 Å². The molecule has 0 bridgehead atoms. The van der Waals surface area contributed by atoms with Crippen molar-refractivity contribution < 1.29 is 0 Å². The Bertz CT molecular complexity index is 310. The van der Waals surface area contributed by atoms with Crippen molar-refractivity contribution in [2.24, 2.45) is 5.73 Å². The van der Waals surface area contributed by atoms with Crippen LogP contribution >= 0.6 is 0 Å². The third-order valence-electron chi connectivity index (χ3n) is 3.53. The molecule has 0 aliphatic carbocycles. The second-order valence-corrected chi connectivity index (χ2v) is 5.11. The average Bonchev–Trinajstić information content (AvgIpc) is 2.28. The van der Waals surface area contributed by atoms with E-state index in [1.807, 2.05) is 0 Å². The van der Waals surface area contributed by atoms with Crippen LogP contribution in [0.15, 0.2) is 18.2 Å². The number of benzene rings is 1. The minimum Gasteiger partial charge on any atom is -0.324 e. The summed E-state index contributed by atoms with van der Waals surface area (Å²) in [6, 6.07) is 6.67. The smallest absolute Gasteiger partial charge is 0.0300 e. The lowest BCUT2D eigenvalue weighted by molar-refractivity contribution is 0.552. The fraction of sp³-hybridized carbons (Fsp3) is 0.625. The monoisotopic (exact) mass is 233 g/mol. The lowest BCUT2D eigenvalue weighted by atomic mass is 9.93. The topological polar surface area (TPSA) is 26.0 Å². The van der Waals surface area contributed by atoms with Crippen molar-refractivity contribution in [2.45, 2.75) is 65.3 Å². The molecule has 1 rings (SSSR count). The molecule has 1 atom stereocenters. The molecule has 1 nitrogen and oxygen atoms in total. The van der Waals surface area contributed by atoms with Crippen molar-refractivity contribution in [3.8, 4) is 0 Å². The van der Waals surface area contributed by atoms with Gasteiger partial charge < -0.3 is 5.73 Å². The van der Waals surface area contributed by atoms with Crippen LogP contribution < -0.4 is 5.73 Å². The first kappa shape index (κ1) is 14.2. The Morgan fingerprint density at radius 1 is 1.00 bits per heavy atom. The zero-order valence-corrected chi connectivity index (χ0v) is 11.6. The zero-order valence-electron chi connectivity index (χ0n) is 11.6. The van der Waals surface area contributed by atoms with Crippen LogP contribution in [-0.4, -0.2) is 0 Å². The Labute approximate surface area is 106 Å². The standard InChI is InChI=1S/C16H27N/c1-4-5-6-7-8-12-15(17)16-13(2)10-9-11-14(16)3/h9-11,15H,4-8,12,17H2,1-3H3. The van der Waals surface area contributed by atoms with E-state index in [1.165, 1.54) is 48.8 Å². The van der Waals surface area contributed by atoms with E-state index < -0.39 is 0 Å². The molecule has 0 saturated heterocycles. The molecule has 0 aromatic heterocycles. The SMILES string of the molecule is CCCCCCCC(N)c1c(C)cccc1C. The molecule has 0 aliphatic rings. The molecule has 17 heavy (non-hydrogen) atoms. The molecule has 0 heterocycles. The molecule has 96 valence electrons. The van der Waals surface area contributed by atoms with Crippen LogP contribution in [0.5, 0.6) is 0 Å². The Hall–Kier alpha value is -0.820. The summed E-state index contributed by atoms with van der Waals surface area (Å²) >= 11 is 0. The third kappa shape index (κ3) is 4.51. The lowest BCUT2D eigenvalue weighted by Crippen LogP contribution is -2.13. The summed E-state index contributed by atoms with van der Waals surface area (Å²) in [7, 11) is 0. The van der Waals surface area contributed by atoms with E-state index >= 15 is 0 Å². The number of hydrogen-bond acceptors (Lipinski definition) is 1. The Morgan fingerprint density at radius 3 is 2.18 bits per heavy atom. The van der Waals surface area contributed by atoms with E-state index in [9.17, 15) is 0 Å². The van der Waals surface area contributed by atoms with E-state index in [1.54, 1.807) is 0 Å². The highest BCUT2D eigenvalue weighted by atomic mass is 14.6. The van der Waals surface area contributed by atoms with Gasteiger partial charge in [0.15, 0.2) is 0 Å². The molecule has 1 aromatic rings. The van der Waals surface area contributed by atoms with Gasteiger partial charge in [0, 0.05) is 6.04 Å². The van der Waals surface area contributed by atoms with Crippen LogP contribution in [0.1, 0.15) is 68.2 Å². The highest BCUT2D eigenvalue weighted by Crippen LogP contribution is 2.24. The second-order valence-electron chi connectivity index (χ2n) is 5.11. The van der Waals surface area contributed by atoms with Gasteiger partial charge in [0.05, 0.1) is 0 Å². The number of unbranched alkanes of at least 4 members (excludes halogenated alkanes) is 4. The van der Waals surface area contributed by atoms with Crippen molar-refractivity contribution in [3.05, 3.63) is 34.9 Å². The molecule has 0 fully saturated rings. The zero-order chi connectivity index (χ0) is 12.7. The largest absolute Gasteiger partial charge is 0.324 e. The Kier molecular flexibility index (Phi) is 6.28. The van der Waals surface area contributed by atoms with Crippen LogP contribution in [0.3, 0.4) is 0 Å². The summed E-state index contributed by atoms with van der Waals surface area (Å²) < 4.78 is 0. The number of hydrogen-bond donors (Lipinski definition) is 1. The predicted octanol–water partition coefficient (Wildman–Crippen LogP) is 4.66. The van der Waals surface area contributed by atoms with Gasteiger partial charge in [-0.05, 0) is 37.0 Å². The molecule has 0 saturated carbocycles. The molecule has 0 radical (unpaired) electrons. The first-order valence-electron chi connectivity index (χ1n) is 6.98. The molecule has 1 aromatic carbocycles. The van der Waals surface area contributed by atoms with Crippen LogP contribution in [-0.2, 0) is 0 Å². The summed E-state index contributed by atoms with van der Waals surface area (Å²) in [5.74, 6) is 0. The van der Waals surface area contributed by atoms with Gasteiger partial charge in [-0.25, -0.2) is 0 Å². The minimum absolute atomic E-state index is 0.220. The first-order valence-corrected chi connectivity index (χ1v) is 6.98. The van der Waals surface area contributed by atoms with Gasteiger partial charge in [-0.15, -0.1) is 0 Å². The Balaban J connectivity index is 2.44. The lowest BCUT2D eigenvalue weighted by Gasteiger charge is -2.17. The third-order valence-corrected chi connectivity index (χ3v) is 3.53. The summed E-state index contributed by atoms with van der Waals surface area (Å²) in [6.45, 7) is 6.58. The van der Waals surface area contributed by atoms with Gasteiger partial charge in [0.1, 0.15) is 0 Å². The fourth-order valence-corrected chi connectivity index (χ4v) is 2.52. The first-order chi connectivity index (χ1) is 8.16. The van der Waals surface area contributed by atoms with Crippen molar-refractivity contribution in [1.82, 2.24) is 0 Å². The number of rotatable bonds is 7. The van der Waals surface area contributed by atoms with Gasteiger partial charge in [0.2, 0.25) is 0 Å². The van der Waals surface area contributed by atoms with Crippen LogP contribution in [0.25, 0.3) is 0 Å². The predicted molar refractivity (Wildman–Crippen MR) is 76.2 cm³/mol. The molecular weight excluding hydrogens is 206 g/mol. The summed E-state index contributed by atoms with van der Waals surface area (Å²) in [6.07, 6.45) is 7.73. The molecule has 0 amide bonds. The summed E-state index contributed by atoms with van der Waals surface area (Å²) in [5.41, 5.74) is 10.4. The maximum absolute atomic E-state index is 6.31. The van der Waals surface area contributed by atoms with Crippen molar-refractivity contribution in [1.29, 1.82) is 0 Å². The maximum Gasteiger partial charge on any atom is 0.0300 e. The van der Waals surface area contributed by atoms with E-state index in [0.717, 1.165) is 6.42 Å². The Morgan fingerprint density at radius 2 is 1.59 bits per heavy atom. The molecule has 2 N–H and O–H groups in total. The van der Waals surface area contributed by atoms with E-state index in [4.69, 9.17) is 5.73 Å². The average molecular weight is 233 g/mol. The summed E-state index contributed by atoms with van der Waals surface area (Å²) in [5, 5.41) is 0. The molecule has 1 unspecified atom stereocenters.